The summed E-state index contributed by atoms with van der Waals surface area (Å²) in [5, 5.41) is 0. The summed E-state index contributed by atoms with van der Waals surface area (Å²) in [5.74, 6) is 0. The Morgan fingerprint density at radius 2 is 2.29 bits per heavy atom. The molecule has 1 heterocycles. The fourth-order valence-electron chi connectivity index (χ4n) is 1.65. The van der Waals surface area contributed by atoms with Crippen molar-refractivity contribution in [3.05, 3.63) is 23.8 Å². The van der Waals surface area contributed by atoms with Crippen molar-refractivity contribution in [1.29, 1.82) is 0 Å². The van der Waals surface area contributed by atoms with E-state index in [0.717, 1.165) is 19.6 Å². The third kappa shape index (κ3) is 3.28. The van der Waals surface area contributed by atoms with E-state index in [0.29, 0.717) is 0 Å². The Kier molecular flexibility index (Phi) is 4.91. The molecule has 0 aromatic carbocycles. The van der Waals surface area contributed by atoms with Crippen molar-refractivity contribution in [3.8, 4) is 0 Å². The summed E-state index contributed by atoms with van der Waals surface area (Å²) in [5.41, 5.74) is 1.24. The molecule has 14 heavy (non-hydrogen) atoms. The molecule has 2 nitrogen and oxygen atoms in total. The van der Waals surface area contributed by atoms with Crippen LogP contribution in [0.15, 0.2) is 23.8 Å². The van der Waals surface area contributed by atoms with Crippen molar-refractivity contribution >= 4 is 0 Å². The minimum Gasteiger partial charge on any atom is -0.379 e. The standard InChI is InChI=1S/C12H20O2/c1-4-6-11(5-2)10(3)14-12-7-8-13-9-12/h4-6,10,12H,7-9H2,1-3H3. The quantitative estimate of drug-likeness (QED) is 0.644. The largest absolute Gasteiger partial charge is 0.379 e. The molecule has 0 N–H and O–H groups in total. The molecule has 80 valence electrons. The maximum absolute atomic E-state index is 5.87. The molecule has 2 unspecified atom stereocenters. The molecule has 1 rings (SSSR count). The van der Waals surface area contributed by atoms with Gasteiger partial charge in [0.05, 0.1) is 18.8 Å². The average molecular weight is 196 g/mol. The highest BCUT2D eigenvalue weighted by atomic mass is 16.5. The van der Waals surface area contributed by atoms with E-state index in [2.05, 4.69) is 19.1 Å². The molecule has 0 amide bonds. The molecule has 0 aliphatic carbocycles. The lowest BCUT2D eigenvalue weighted by Crippen LogP contribution is -2.21. The molecule has 0 spiro atoms. The summed E-state index contributed by atoms with van der Waals surface area (Å²) in [6, 6.07) is 0. The highest BCUT2D eigenvalue weighted by Crippen LogP contribution is 2.15. The number of hydrogen-bond acceptors (Lipinski definition) is 2. The predicted molar refractivity (Wildman–Crippen MR) is 58.3 cm³/mol. The summed E-state index contributed by atoms with van der Waals surface area (Å²) in [4.78, 5) is 0. The van der Waals surface area contributed by atoms with E-state index < -0.39 is 0 Å². The summed E-state index contributed by atoms with van der Waals surface area (Å²) in [7, 11) is 0. The topological polar surface area (TPSA) is 18.5 Å². The third-order valence-electron chi connectivity index (χ3n) is 2.45. The Balaban J connectivity index is 2.42. The van der Waals surface area contributed by atoms with Crippen molar-refractivity contribution in [2.75, 3.05) is 13.2 Å². The van der Waals surface area contributed by atoms with Crippen molar-refractivity contribution in [3.63, 3.8) is 0 Å². The molecule has 0 radical (unpaired) electrons. The molecule has 0 bridgehead atoms. The lowest BCUT2D eigenvalue weighted by Gasteiger charge is -2.18. The minimum absolute atomic E-state index is 0.169. The Labute approximate surface area is 86.6 Å². The first-order valence-electron chi connectivity index (χ1n) is 5.30. The van der Waals surface area contributed by atoms with E-state index in [1.807, 2.05) is 19.9 Å². The summed E-state index contributed by atoms with van der Waals surface area (Å²) in [6.45, 7) is 7.74. The van der Waals surface area contributed by atoms with Crippen molar-refractivity contribution in [2.45, 2.75) is 39.4 Å². The van der Waals surface area contributed by atoms with Crippen LogP contribution in [0.2, 0.25) is 0 Å². The van der Waals surface area contributed by atoms with Crippen LogP contribution in [-0.4, -0.2) is 25.4 Å². The smallest absolute Gasteiger partial charge is 0.0838 e. The van der Waals surface area contributed by atoms with Gasteiger partial charge in [-0.25, -0.2) is 0 Å². The molecule has 0 aromatic rings. The number of rotatable bonds is 4. The lowest BCUT2D eigenvalue weighted by molar-refractivity contribution is 0.0124. The first-order valence-corrected chi connectivity index (χ1v) is 5.30. The van der Waals surface area contributed by atoms with E-state index in [1.54, 1.807) is 0 Å². The van der Waals surface area contributed by atoms with Crippen LogP contribution in [0.1, 0.15) is 27.2 Å². The van der Waals surface area contributed by atoms with Gasteiger partial charge in [0, 0.05) is 6.61 Å². The zero-order valence-corrected chi connectivity index (χ0v) is 9.32. The maximum atomic E-state index is 5.87. The molecular formula is C12H20O2. The Hall–Kier alpha value is -0.600. The molecule has 0 aromatic heterocycles. The Bertz CT molecular complexity index is 212. The van der Waals surface area contributed by atoms with Crippen molar-refractivity contribution in [1.82, 2.24) is 0 Å². The van der Waals surface area contributed by atoms with Gasteiger partial charge >= 0.3 is 0 Å². The van der Waals surface area contributed by atoms with Gasteiger partial charge in [0.1, 0.15) is 0 Å². The monoisotopic (exact) mass is 196 g/mol. The van der Waals surface area contributed by atoms with Crippen LogP contribution in [-0.2, 0) is 9.47 Å². The molecule has 1 saturated heterocycles. The first-order chi connectivity index (χ1) is 6.77. The van der Waals surface area contributed by atoms with Gasteiger partial charge in [-0.05, 0) is 32.8 Å². The molecule has 1 fully saturated rings. The van der Waals surface area contributed by atoms with Crippen LogP contribution in [0, 0.1) is 0 Å². The summed E-state index contributed by atoms with van der Waals surface area (Å²) >= 11 is 0. The highest BCUT2D eigenvalue weighted by Gasteiger charge is 2.19. The third-order valence-corrected chi connectivity index (χ3v) is 2.45. The van der Waals surface area contributed by atoms with E-state index >= 15 is 0 Å². The van der Waals surface area contributed by atoms with Gasteiger partial charge in [0.15, 0.2) is 0 Å². The van der Waals surface area contributed by atoms with Gasteiger partial charge in [0.25, 0.3) is 0 Å². The molecule has 0 saturated carbocycles. The fourth-order valence-corrected chi connectivity index (χ4v) is 1.65. The second kappa shape index (κ2) is 5.99. The fraction of sp³-hybridized carbons (Fsp3) is 0.667. The average Bonchev–Trinajstić information content (AvgIpc) is 2.66. The zero-order chi connectivity index (χ0) is 10.4. The van der Waals surface area contributed by atoms with Crippen LogP contribution in [0.3, 0.4) is 0 Å². The summed E-state index contributed by atoms with van der Waals surface area (Å²) < 4.78 is 11.1. The van der Waals surface area contributed by atoms with E-state index in [1.165, 1.54) is 5.57 Å². The van der Waals surface area contributed by atoms with Crippen LogP contribution >= 0.6 is 0 Å². The minimum atomic E-state index is 0.169. The van der Waals surface area contributed by atoms with Crippen molar-refractivity contribution in [2.24, 2.45) is 0 Å². The predicted octanol–water partition coefficient (Wildman–Crippen LogP) is 2.70. The van der Waals surface area contributed by atoms with Crippen LogP contribution in [0.4, 0.5) is 0 Å². The SMILES string of the molecule is CC=CC(=CC)C(C)OC1CCOC1. The first kappa shape index (κ1) is 11.5. The van der Waals surface area contributed by atoms with Crippen LogP contribution in [0.25, 0.3) is 0 Å². The number of ether oxygens (including phenoxy) is 2. The van der Waals surface area contributed by atoms with Gasteiger partial charge < -0.3 is 9.47 Å². The van der Waals surface area contributed by atoms with Gasteiger partial charge in [-0.3, -0.25) is 0 Å². The molecule has 1 aliphatic heterocycles. The Morgan fingerprint density at radius 1 is 1.50 bits per heavy atom. The second-order valence-corrected chi connectivity index (χ2v) is 3.55. The lowest BCUT2D eigenvalue weighted by atomic mass is 10.1. The van der Waals surface area contributed by atoms with Gasteiger partial charge in [-0.15, -0.1) is 0 Å². The summed E-state index contributed by atoms with van der Waals surface area (Å²) in [6.07, 6.45) is 7.71. The van der Waals surface area contributed by atoms with E-state index in [4.69, 9.17) is 9.47 Å². The zero-order valence-electron chi connectivity index (χ0n) is 9.32. The molecule has 2 heteroatoms. The van der Waals surface area contributed by atoms with Crippen LogP contribution < -0.4 is 0 Å². The number of allylic oxidation sites excluding steroid dienone is 2. The molecule has 2 atom stereocenters. The number of hydrogen-bond donors (Lipinski definition) is 0. The van der Waals surface area contributed by atoms with E-state index in [9.17, 15) is 0 Å². The second-order valence-electron chi connectivity index (χ2n) is 3.55. The maximum Gasteiger partial charge on any atom is 0.0838 e. The van der Waals surface area contributed by atoms with Crippen molar-refractivity contribution < 1.29 is 9.47 Å². The normalized spacial score (nSPS) is 25.9. The highest BCUT2D eigenvalue weighted by molar-refractivity contribution is 5.21. The van der Waals surface area contributed by atoms with E-state index in [-0.39, 0.29) is 12.2 Å². The van der Waals surface area contributed by atoms with Gasteiger partial charge in [0.2, 0.25) is 0 Å². The van der Waals surface area contributed by atoms with Crippen LogP contribution in [0.5, 0.6) is 0 Å². The molecular weight excluding hydrogens is 176 g/mol. The molecule has 1 aliphatic rings. The van der Waals surface area contributed by atoms with Gasteiger partial charge in [-0.2, -0.15) is 0 Å². The van der Waals surface area contributed by atoms with Gasteiger partial charge in [-0.1, -0.05) is 18.2 Å². The Morgan fingerprint density at radius 3 is 2.79 bits per heavy atom.